The Bertz CT molecular complexity index is 471. The molecule has 0 saturated heterocycles. The number of para-hydroxylation sites is 1. The molecular formula is C10H13NO4S. The van der Waals surface area contributed by atoms with Crippen LogP contribution in [-0.4, -0.2) is 20.1 Å². The number of hydrogen-bond acceptors (Lipinski definition) is 4. The van der Waals surface area contributed by atoms with Crippen LogP contribution in [-0.2, 0) is 10.3 Å². The molecule has 2 N–H and O–H groups in total. The fraction of sp³-hybridized carbons (Fsp3) is 0.400. The van der Waals surface area contributed by atoms with Crippen LogP contribution in [0.3, 0.4) is 0 Å². The fourth-order valence-corrected chi connectivity index (χ4v) is 2.76. The molecule has 0 amide bonds. The molecule has 16 heavy (non-hydrogen) atoms. The van der Waals surface area contributed by atoms with Crippen molar-refractivity contribution in [1.82, 2.24) is 4.72 Å². The van der Waals surface area contributed by atoms with E-state index in [9.17, 15) is 8.42 Å². The number of nitrogens with one attached hydrogen (secondary N) is 1. The van der Waals surface area contributed by atoms with Crippen LogP contribution in [0.15, 0.2) is 24.3 Å². The summed E-state index contributed by atoms with van der Waals surface area (Å²) in [7, 11) is -3.71. The molecule has 0 bridgehead atoms. The van der Waals surface area contributed by atoms with Gasteiger partial charge in [0, 0.05) is 12.2 Å². The second kappa shape index (κ2) is 4.40. The zero-order chi connectivity index (χ0) is 11.6. The Morgan fingerprint density at radius 3 is 2.88 bits per heavy atom. The second-order valence-corrected chi connectivity index (χ2v) is 4.92. The van der Waals surface area contributed by atoms with Crippen LogP contribution < -0.4 is 8.91 Å². The third-order valence-electron chi connectivity index (χ3n) is 2.43. The van der Waals surface area contributed by atoms with Gasteiger partial charge in [0.15, 0.2) is 0 Å². The van der Waals surface area contributed by atoms with E-state index in [-0.39, 0.29) is 12.6 Å². The number of aliphatic hydroxyl groups excluding tert-OH is 1. The van der Waals surface area contributed by atoms with Gasteiger partial charge in [-0.3, -0.25) is 0 Å². The molecular weight excluding hydrogens is 230 g/mol. The van der Waals surface area contributed by atoms with Crippen LogP contribution in [0, 0.1) is 0 Å². The van der Waals surface area contributed by atoms with E-state index in [4.69, 9.17) is 9.29 Å². The number of benzene rings is 1. The second-order valence-electron chi connectivity index (χ2n) is 3.61. The van der Waals surface area contributed by atoms with E-state index in [1.807, 2.05) is 12.1 Å². The van der Waals surface area contributed by atoms with Gasteiger partial charge in [0.25, 0.3) is 0 Å². The Balaban J connectivity index is 2.32. The zero-order valence-corrected chi connectivity index (χ0v) is 9.40. The van der Waals surface area contributed by atoms with E-state index in [0.29, 0.717) is 18.6 Å². The third kappa shape index (κ3) is 2.34. The van der Waals surface area contributed by atoms with Gasteiger partial charge in [-0.05, 0) is 18.9 Å². The molecule has 6 heteroatoms. The van der Waals surface area contributed by atoms with Gasteiger partial charge in [-0.2, -0.15) is 13.1 Å². The SMILES string of the molecule is O=S1(=O)N[C@@H](CCCO)c2ccccc2O1. The number of aliphatic hydroxyl groups is 1. The van der Waals surface area contributed by atoms with Crippen molar-refractivity contribution in [2.24, 2.45) is 0 Å². The average Bonchev–Trinajstić information content (AvgIpc) is 2.24. The standard InChI is InChI=1S/C10H13NO4S/c12-7-3-5-9-8-4-1-2-6-10(8)15-16(13,14)11-9/h1-2,4,6,9,11-12H,3,5,7H2/t9-/m0/s1. The molecule has 1 aliphatic heterocycles. The van der Waals surface area contributed by atoms with Crippen molar-refractivity contribution in [2.75, 3.05) is 6.61 Å². The number of fused-ring (bicyclic) bond motifs is 1. The van der Waals surface area contributed by atoms with Gasteiger partial charge in [0.1, 0.15) is 5.75 Å². The third-order valence-corrected chi connectivity index (χ3v) is 3.40. The van der Waals surface area contributed by atoms with Gasteiger partial charge in [-0.15, -0.1) is 0 Å². The van der Waals surface area contributed by atoms with E-state index >= 15 is 0 Å². The minimum Gasteiger partial charge on any atom is -0.396 e. The van der Waals surface area contributed by atoms with E-state index in [1.54, 1.807) is 12.1 Å². The van der Waals surface area contributed by atoms with Gasteiger partial charge in [-0.25, -0.2) is 0 Å². The van der Waals surface area contributed by atoms with Crippen LogP contribution in [0.5, 0.6) is 5.75 Å². The van der Waals surface area contributed by atoms with Crippen molar-refractivity contribution < 1.29 is 17.7 Å². The first-order valence-corrected chi connectivity index (χ1v) is 6.45. The highest BCUT2D eigenvalue weighted by Crippen LogP contribution is 2.33. The molecule has 1 heterocycles. The highest BCUT2D eigenvalue weighted by molar-refractivity contribution is 7.85. The lowest BCUT2D eigenvalue weighted by atomic mass is 10.0. The lowest BCUT2D eigenvalue weighted by Gasteiger charge is -2.25. The minimum absolute atomic E-state index is 0.0429. The molecule has 88 valence electrons. The fourth-order valence-electron chi connectivity index (χ4n) is 1.73. The normalized spacial score (nSPS) is 22.2. The van der Waals surface area contributed by atoms with Gasteiger partial charge >= 0.3 is 10.3 Å². The summed E-state index contributed by atoms with van der Waals surface area (Å²) in [5.74, 6) is 0.365. The quantitative estimate of drug-likeness (QED) is 0.820. The van der Waals surface area contributed by atoms with Gasteiger partial charge < -0.3 is 9.29 Å². The molecule has 1 aromatic rings. The Morgan fingerprint density at radius 1 is 1.38 bits per heavy atom. The molecule has 0 spiro atoms. The number of hydrogen-bond donors (Lipinski definition) is 2. The molecule has 1 aliphatic rings. The minimum atomic E-state index is -3.71. The predicted octanol–water partition coefficient (Wildman–Crippen LogP) is 0.727. The smallest absolute Gasteiger partial charge is 0.383 e. The molecule has 0 aromatic heterocycles. The van der Waals surface area contributed by atoms with Crippen LogP contribution in [0.1, 0.15) is 24.4 Å². The van der Waals surface area contributed by atoms with E-state index in [1.165, 1.54) is 0 Å². The van der Waals surface area contributed by atoms with Crippen LogP contribution in [0.4, 0.5) is 0 Å². The van der Waals surface area contributed by atoms with E-state index in [0.717, 1.165) is 5.56 Å². The van der Waals surface area contributed by atoms with Gasteiger partial charge in [-0.1, -0.05) is 18.2 Å². The van der Waals surface area contributed by atoms with Crippen LogP contribution in [0.2, 0.25) is 0 Å². The Kier molecular flexibility index (Phi) is 3.13. The lowest BCUT2D eigenvalue weighted by Crippen LogP contribution is -2.36. The van der Waals surface area contributed by atoms with Crippen LogP contribution in [0.25, 0.3) is 0 Å². The Hall–Kier alpha value is -1.11. The summed E-state index contributed by atoms with van der Waals surface area (Å²) in [6.07, 6.45) is 1.09. The molecule has 1 atom stereocenters. The van der Waals surface area contributed by atoms with Gasteiger partial charge in [0.2, 0.25) is 0 Å². The molecule has 5 nitrogen and oxygen atoms in total. The predicted molar refractivity (Wildman–Crippen MR) is 58.2 cm³/mol. The maximum absolute atomic E-state index is 11.4. The summed E-state index contributed by atoms with van der Waals surface area (Å²) in [4.78, 5) is 0. The first-order valence-electron chi connectivity index (χ1n) is 5.04. The lowest BCUT2D eigenvalue weighted by molar-refractivity contribution is 0.276. The summed E-state index contributed by atoms with van der Waals surface area (Å²) < 4.78 is 30.0. The molecule has 0 fully saturated rings. The molecule has 0 unspecified atom stereocenters. The number of rotatable bonds is 3. The summed E-state index contributed by atoms with van der Waals surface area (Å²) >= 11 is 0. The van der Waals surface area contributed by atoms with Crippen molar-refractivity contribution in [3.63, 3.8) is 0 Å². The molecule has 0 saturated carbocycles. The summed E-state index contributed by atoms with van der Waals surface area (Å²) in [5.41, 5.74) is 0.811. The van der Waals surface area contributed by atoms with Crippen molar-refractivity contribution in [2.45, 2.75) is 18.9 Å². The summed E-state index contributed by atoms with van der Waals surface area (Å²) in [6.45, 7) is 0.0429. The van der Waals surface area contributed by atoms with E-state index < -0.39 is 10.3 Å². The Labute approximate surface area is 94.3 Å². The Morgan fingerprint density at radius 2 is 2.12 bits per heavy atom. The molecule has 0 radical (unpaired) electrons. The van der Waals surface area contributed by atoms with E-state index in [2.05, 4.69) is 4.72 Å². The van der Waals surface area contributed by atoms with Gasteiger partial charge in [0.05, 0.1) is 6.04 Å². The maximum Gasteiger partial charge on any atom is 0.383 e. The monoisotopic (exact) mass is 243 g/mol. The molecule has 1 aromatic carbocycles. The first-order chi connectivity index (χ1) is 7.62. The maximum atomic E-state index is 11.4. The molecule has 2 rings (SSSR count). The van der Waals surface area contributed by atoms with Crippen molar-refractivity contribution in [3.8, 4) is 5.75 Å². The zero-order valence-electron chi connectivity index (χ0n) is 8.59. The topological polar surface area (TPSA) is 75.6 Å². The molecule has 0 aliphatic carbocycles. The summed E-state index contributed by atoms with van der Waals surface area (Å²) in [5, 5.41) is 8.77. The van der Waals surface area contributed by atoms with Crippen molar-refractivity contribution >= 4 is 10.3 Å². The van der Waals surface area contributed by atoms with Crippen molar-refractivity contribution in [1.29, 1.82) is 0 Å². The average molecular weight is 243 g/mol. The summed E-state index contributed by atoms with van der Waals surface area (Å²) in [6, 6.07) is 6.68. The van der Waals surface area contributed by atoms with Crippen LogP contribution >= 0.6 is 0 Å². The highest BCUT2D eigenvalue weighted by atomic mass is 32.2. The van der Waals surface area contributed by atoms with Crippen molar-refractivity contribution in [3.05, 3.63) is 29.8 Å². The largest absolute Gasteiger partial charge is 0.396 e. The first kappa shape index (κ1) is 11.4. The highest BCUT2D eigenvalue weighted by Gasteiger charge is 2.29.